The molecule has 0 heterocycles. The van der Waals surface area contributed by atoms with Crippen molar-refractivity contribution < 1.29 is 4.74 Å². The Kier molecular flexibility index (Phi) is 5.13. The second kappa shape index (κ2) is 6.86. The van der Waals surface area contributed by atoms with Gasteiger partial charge in [-0.1, -0.05) is 49.7 Å². The molecule has 2 aromatic rings. The Morgan fingerprint density at radius 1 is 0.952 bits per heavy atom. The van der Waals surface area contributed by atoms with E-state index in [0.29, 0.717) is 16.7 Å². The summed E-state index contributed by atoms with van der Waals surface area (Å²) in [6.45, 7) is 6.55. The SMILES string of the molecule is COc1ccc(NC(C)c2ccc(C(C)C)cc2)cc1Cl. The summed E-state index contributed by atoms with van der Waals surface area (Å²) in [6, 6.07) is 14.7. The van der Waals surface area contributed by atoms with Crippen LogP contribution in [0.15, 0.2) is 42.5 Å². The van der Waals surface area contributed by atoms with Crippen molar-refractivity contribution in [3.63, 3.8) is 0 Å². The molecule has 112 valence electrons. The number of hydrogen-bond acceptors (Lipinski definition) is 2. The monoisotopic (exact) mass is 303 g/mol. The maximum atomic E-state index is 6.15. The lowest BCUT2D eigenvalue weighted by Crippen LogP contribution is -2.06. The normalized spacial score (nSPS) is 12.3. The van der Waals surface area contributed by atoms with Gasteiger partial charge in [0.2, 0.25) is 0 Å². The van der Waals surface area contributed by atoms with E-state index < -0.39 is 0 Å². The summed E-state index contributed by atoms with van der Waals surface area (Å²) in [6.07, 6.45) is 0. The Morgan fingerprint density at radius 2 is 1.57 bits per heavy atom. The van der Waals surface area contributed by atoms with Gasteiger partial charge in [0.05, 0.1) is 12.1 Å². The highest BCUT2D eigenvalue weighted by atomic mass is 35.5. The average molecular weight is 304 g/mol. The summed E-state index contributed by atoms with van der Waals surface area (Å²) in [7, 11) is 1.62. The van der Waals surface area contributed by atoms with Crippen LogP contribution in [-0.2, 0) is 0 Å². The number of rotatable bonds is 5. The van der Waals surface area contributed by atoms with Crippen LogP contribution in [0.2, 0.25) is 5.02 Å². The van der Waals surface area contributed by atoms with Gasteiger partial charge in [-0.05, 0) is 42.2 Å². The maximum absolute atomic E-state index is 6.15. The topological polar surface area (TPSA) is 21.3 Å². The van der Waals surface area contributed by atoms with Gasteiger partial charge >= 0.3 is 0 Å². The molecule has 0 fully saturated rings. The van der Waals surface area contributed by atoms with Gasteiger partial charge < -0.3 is 10.1 Å². The molecule has 2 rings (SSSR count). The highest BCUT2D eigenvalue weighted by molar-refractivity contribution is 6.32. The average Bonchev–Trinajstić information content (AvgIpc) is 2.47. The minimum Gasteiger partial charge on any atom is -0.495 e. The zero-order valence-electron chi connectivity index (χ0n) is 13.0. The molecule has 1 N–H and O–H groups in total. The third-order valence-electron chi connectivity index (χ3n) is 3.64. The van der Waals surface area contributed by atoms with E-state index in [1.807, 2.05) is 18.2 Å². The van der Waals surface area contributed by atoms with Crippen LogP contribution in [0.25, 0.3) is 0 Å². The molecule has 21 heavy (non-hydrogen) atoms. The van der Waals surface area contributed by atoms with Crippen molar-refractivity contribution in [2.45, 2.75) is 32.7 Å². The van der Waals surface area contributed by atoms with E-state index >= 15 is 0 Å². The number of hydrogen-bond donors (Lipinski definition) is 1. The van der Waals surface area contributed by atoms with Crippen LogP contribution < -0.4 is 10.1 Å². The van der Waals surface area contributed by atoms with E-state index in [-0.39, 0.29) is 6.04 Å². The number of nitrogens with one attached hydrogen (secondary N) is 1. The van der Waals surface area contributed by atoms with Crippen molar-refractivity contribution in [2.24, 2.45) is 0 Å². The molecule has 0 amide bonds. The Balaban J connectivity index is 2.10. The first-order valence-electron chi connectivity index (χ1n) is 7.21. The molecular weight excluding hydrogens is 282 g/mol. The predicted octanol–water partition coefficient (Wildman–Crippen LogP) is 5.65. The van der Waals surface area contributed by atoms with Crippen molar-refractivity contribution in [3.05, 3.63) is 58.6 Å². The Labute approximate surface area is 132 Å². The van der Waals surface area contributed by atoms with E-state index in [9.17, 15) is 0 Å². The first kappa shape index (κ1) is 15.7. The summed E-state index contributed by atoms with van der Waals surface area (Å²) in [4.78, 5) is 0. The Bertz CT molecular complexity index is 593. The van der Waals surface area contributed by atoms with Crippen molar-refractivity contribution in [2.75, 3.05) is 12.4 Å². The first-order valence-corrected chi connectivity index (χ1v) is 7.59. The lowest BCUT2D eigenvalue weighted by Gasteiger charge is -2.17. The van der Waals surface area contributed by atoms with Crippen LogP contribution in [0.4, 0.5) is 5.69 Å². The van der Waals surface area contributed by atoms with Gasteiger partial charge in [-0.2, -0.15) is 0 Å². The van der Waals surface area contributed by atoms with Crippen LogP contribution in [0, 0.1) is 0 Å². The molecule has 1 atom stereocenters. The van der Waals surface area contributed by atoms with Gasteiger partial charge in [0.15, 0.2) is 0 Å². The molecule has 0 radical (unpaired) electrons. The number of anilines is 1. The molecule has 2 nitrogen and oxygen atoms in total. The standard InChI is InChI=1S/C18H22ClNO/c1-12(2)14-5-7-15(8-6-14)13(3)20-16-9-10-18(21-4)17(19)11-16/h5-13,20H,1-4H3. The molecule has 0 aliphatic rings. The van der Waals surface area contributed by atoms with Crippen molar-refractivity contribution in [3.8, 4) is 5.75 Å². The number of ether oxygens (including phenoxy) is 1. The van der Waals surface area contributed by atoms with E-state index in [0.717, 1.165) is 5.69 Å². The van der Waals surface area contributed by atoms with Gasteiger partial charge in [0, 0.05) is 11.7 Å². The van der Waals surface area contributed by atoms with E-state index in [1.165, 1.54) is 11.1 Å². The zero-order chi connectivity index (χ0) is 15.4. The number of methoxy groups -OCH3 is 1. The highest BCUT2D eigenvalue weighted by Crippen LogP contribution is 2.29. The van der Waals surface area contributed by atoms with Crippen LogP contribution in [0.3, 0.4) is 0 Å². The van der Waals surface area contributed by atoms with Gasteiger partial charge in [-0.25, -0.2) is 0 Å². The van der Waals surface area contributed by atoms with Gasteiger partial charge in [0.1, 0.15) is 5.75 Å². The second-order valence-corrected chi connectivity index (χ2v) is 5.94. The van der Waals surface area contributed by atoms with Crippen LogP contribution in [0.1, 0.15) is 43.9 Å². The van der Waals surface area contributed by atoms with Crippen molar-refractivity contribution in [1.29, 1.82) is 0 Å². The minimum atomic E-state index is 0.218. The molecule has 0 aliphatic heterocycles. The largest absolute Gasteiger partial charge is 0.495 e. The summed E-state index contributed by atoms with van der Waals surface area (Å²) in [5, 5.41) is 4.07. The van der Waals surface area contributed by atoms with Crippen molar-refractivity contribution >= 4 is 17.3 Å². The molecule has 0 aliphatic carbocycles. The number of benzene rings is 2. The molecular formula is C18H22ClNO. The summed E-state index contributed by atoms with van der Waals surface area (Å²) >= 11 is 6.15. The third kappa shape index (κ3) is 3.92. The predicted molar refractivity (Wildman–Crippen MR) is 90.6 cm³/mol. The van der Waals surface area contributed by atoms with Crippen LogP contribution in [-0.4, -0.2) is 7.11 Å². The minimum absolute atomic E-state index is 0.218. The van der Waals surface area contributed by atoms with E-state index in [1.54, 1.807) is 7.11 Å². The summed E-state index contributed by atoms with van der Waals surface area (Å²) in [5.74, 6) is 1.25. The molecule has 0 bridgehead atoms. The van der Waals surface area contributed by atoms with Gasteiger partial charge in [-0.15, -0.1) is 0 Å². The molecule has 0 saturated carbocycles. The van der Waals surface area contributed by atoms with E-state index in [2.05, 4.69) is 50.4 Å². The third-order valence-corrected chi connectivity index (χ3v) is 3.93. The lowest BCUT2D eigenvalue weighted by molar-refractivity contribution is 0.415. The fourth-order valence-electron chi connectivity index (χ4n) is 2.26. The number of halogens is 1. The zero-order valence-corrected chi connectivity index (χ0v) is 13.7. The van der Waals surface area contributed by atoms with Crippen molar-refractivity contribution in [1.82, 2.24) is 0 Å². The summed E-state index contributed by atoms with van der Waals surface area (Å²) in [5.41, 5.74) is 3.60. The molecule has 3 heteroatoms. The van der Waals surface area contributed by atoms with E-state index in [4.69, 9.17) is 16.3 Å². The van der Waals surface area contributed by atoms with Crippen LogP contribution >= 0.6 is 11.6 Å². The highest BCUT2D eigenvalue weighted by Gasteiger charge is 2.08. The maximum Gasteiger partial charge on any atom is 0.137 e. The second-order valence-electron chi connectivity index (χ2n) is 5.54. The molecule has 0 spiro atoms. The summed E-state index contributed by atoms with van der Waals surface area (Å²) < 4.78 is 5.17. The molecule has 0 aromatic heterocycles. The van der Waals surface area contributed by atoms with Gasteiger partial charge in [-0.3, -0.25) is 0 Å². The molecule has 2 aromatic carbocycles. The Hall–Kier alpha value is -1.67. The fourth-order valence-corrected chi connectivity index (χ4v) is 2.52. The first-order chi connectivity index (χ1) is 10.0. The molecule has 0 saturated heterocycles. The van der Waals surface area contributed by atoms with Crippen LogP contribution in [0.5, 0.6) is 5.75 Å². The Morgan fingerprint density at radius 3 is 2.10 bits per heavy atom. The quantitative estimate of drug-likeness (QED) is 0.771. The lowest BCUT2D eigenvalue weighted by atomic mass is 9.99. The smallest absolute Gasteiger partial charge is 0.137 e. The molecule has 1 unspecified atom stereocenters. The van der Waals surface area contributed by atoms with Gasteiger partial charge in [0.25, 0.3) is 0 Å². The fraction of sp³-hybridized carbons (Fsp3) is 0.333.